The molecule has 116 valence electrons. The molecule has 0 amide bonds. The maximum Gasteiger partial charge on any atom is 0.332 e. The topological polar surface area (TPSA) is 89.4 Å². The van der Waals surface area contributed by atoms with E-state index >= 15 is 0 Å². The van der Waals surface area contributed by atoms with E-state index < -0.39 is 10.0 Å². The van der Waals surface area contributed by atoms with Crippen molar-refractivity contribution in [3.8, 4) is 0 Å². The van der Waals surface area contributed by atoms with Crippen LogP contribution in [0, 0.1) is 5.92 Å². The molecule has 0 spiro atoms. The van der Waals surface area contributed by atoms with Crippen molar-refractivity contribution in [2.24, 2.45) is 11.7 Å². The molecule has 0 radical (unpaired) electrons. The molecule has 1 aromatic heterocycles. The number of nitrogens with zero attached hydrogens (tertiary/aromatic N) is 2. The third kappa shape index (κ3) is 3.06. The highest BCUT2D eigenvalue weighted by atomic mass is 35.5. The minimum absolute atomic E-state index is 0. The van der Waals surface area contributed by atoms with Crippen LogP contribution in [-0.4, -0.2) is 37.3 Å². The van der Waals surface area contributed by atoms with Crippen LogP contribution in [0.2, 0.25) is 0 Å². The molecule has 1 aliphatic rings. The van der Waals surface area contributed by atoms with E-state index in [0.29, 0.717) is 36.7 Å². The Hall–Kier alpha value is -1.15. The maximum absolute atomic E-state index is 12.5. The summed E-state index contributed by atoms with van der Waals surface area (Å²) < 4.78 is 31.8. The zero-order valence-electron chi connectivity index (χ0n) is 11.4. The fourth-order valence-corrected chi connectivity index (χ4v) is 3.78. The van der Waals surface area contributed by atoms with Gasteiger partial charge in [-0.1, -0.05) is 12.1 Å². The van der Waals surface area contributed by atoms with Gasteiger partial charge in [0.25, 0.3) is 10.0 Å². The van der Waals surface area contributed by atoms with Gasteiger partial charge in [0, 0.05) is 13.1 Å². The number of hydrogen-bond acceptors (Lipinski definition) is 5. The van der Waals surface area contributed by atoms with Crippen molar-refractivity contribution >= 4 is 33.5 Å². The molecule has 8 heteroatoms. The van der Waals surface area contributed by atoms with Crippen molar-refractivity contribution in [3.05, 3.63) is 24.3 Å². The summed E-state index contributed by atoms with van der Waals surface area (Å²) >= 11 is 0. The molecular weight excluding hydrogens is 314 g/mol. The van der Waals surface area contributed by atoms with Crippen LogP contribution in [0.3, 0.4) is 0 Å². The second kappa shape index (κ2) is 6.31. The molecule has 0 atom stereocenters. The highest BCUT2D eigenvalue weighted by Gasteiger charge is 2.32. The molecule has 2 heterocycles. The van der Waals surface area contributed by atoms with Crippen LogP contribution in [0.5, 0.6) is 0 Å². The van der Waals surface area contributed by atoms with Crippen molar-refractivity contribution in [2.45, 2.75) is 18.1 Å². The van der Waals surface area contributed by atoms with Crippen LogP contribution in [0.4, 0.5) is 0 Å². The van der Waals surface area contributed by atoms with Gasteiger partial charge < -0.3 is 10.2 Å². The van der Waals surface area contributed by atoms with Gasteiger partial charge in [0.15, 0.2) is 5.58 Å². The summed E-state index contributed by atoms with van der Waals surface area (Å²) in [6.07, 6.45) is 1.58. The van der Waals surface area contributed by atoms with Crippen LogP contribution >= 0.6 is 12.4 Å². The molecule has 1 fully saturated rings. The lowest BCUT2D eigenvalue weighted by Crippen LogP contribution is -2.40. The van der Waals surface area contributed by atoms with Crippen molar-refractivity contribution in [2.75, 3.05) is 19.6 Å². The first-order chi connectivity index (χ1) is 9.61. The SMILES string of the molecule is Cl.NCC1CCN(S(=O)(=O)c2nc3ccccc3o2)CC1. The van der Waals surface area contributed by atoms with E-state index in [1.165, 1.54) is 4.31 Å². The lowest BCUT2D eigenvalue weighted by molar-refractivity contribution is 0.272. The van der Waals surface area contributed by atoms with Gasteiger partial charge in [-0.25, -0.2) is 8.42 Å². The Balaban J connectivity index is 0.00000161. The molecule has 0 unspecified atom stereocenters. The zero-order chi connectivity index (χ0) is 14.2. The molecule has 0 aliphatic carbocycles. The first kappa shape index (κ1) is 16.2. The Morgan fingerprint density at radius 3 is 2.57 bits per heavy atom. The smallest absolute Gasteiger partial charge is 0.332 e. The van der Waals surface area contributed by atoms with Crippen molar-refractivity contribution < 1.29 is 12.8 Å². The third-order valence-electron chi connectivity index (χ3n) is 3.74. The number of benzene rings is 1. The predicted molar refractivity (Wildman–Crippen MR) is 81.8 cm³/mol. The molecular formula is C13H18ClN3O3S. The number of aromatic nitrogens is 1. The Kier molecular flexibility index (Phi) is 4.88. The third-order valence-corrected chi connectivity index (χ3v) is 5.40. The molecule has 6 nitrogen and oxygen atoms in total. The molecule has 2 N–H and O–H groups in total. The van der Waals surface area contributed by atoms with Crippen LogP contribution in [0.15, 0.2) is 33.9 Å². The first-order valence-electron chi connectivity index (χ1n) is 6.67. The summed E-state index contributed by atoms with van der Waals surface area (Å²) in [6, 6.07) is 7.03. The summed E-state index contributed by atoms with van der Waals surface area (Å²) in [5.74, 6) is 0.407. The van der Waals surface area contributed by atoms with E-state index in [-0.39, 0.29) is 17.6 Å². The molecule has 1 saturated heterocycles. The number of fused-ring (bicyclic) bond motifs is 1. The number of halogens is 1. The lowest BCUT2D eigenvalue weighted by atomic mass is 9.99. The fraction of sp³-hybridized carbons (Fsp3) is 0.462. The van der Waals surface area contributed by atoms with E-state index in [0.717, 1.165) is 12.8 Å². The molecule has 0 bridgehead atoms. The monoisotopic (exact) mass is 331 g/mol. The summed E-state index contributed by atoms with van der Waals surface area (Å²) in [4.78, 5) is 4.08. The molecule has 0 saturated carbocycles. The predicted octanol–water partition coefficient (Wildman–Crippen LogP) is 1.61. The second-order valence-electron chi connectivity index (χ2n) is 5.03. The van der Waals surface area contributed by atoms with Gasteiger partial charge in [-0.2, -0.15) is 9.29 Å². The zero-order valence-corrected chi connectivity index (χ0v) is 13.1. The van der Waals surface area contributed by atoms with E-state index in [1.807, 2.05) is 0 Å². The molecule has 2 aromatic rings. The van der Waals surface area contributed by atoms with Crippen LogP contribution in [0.1, 0.15) is 12.8 Å². The van der Waals surface area contributed by atoms with E-state index in [4.69, 9.17) is 10.2 Å². The summed E-state index contributed by atoms with van der Waals surface area (Å²) in [5.41, 5.74) is 6.67. The summed E-state index contributed by atoms with van der Waals surface area (Å²) in [5, 5.41) is -0.218. The second-order valence-corrected chi connectivity index (χ2v) is 6.85. The summed E-state index contributed by atoms with van der Waals surface area (Å²) in [7, 11) is -3.64. The number of rotatable bonds is 3. The maximum atomic E-state index is 12.5. The largest absolute Gasteiger partial charge is 0.427 e. The lowest BCUT2D eigenvalue weighted by Gasteiger charge is -2.29. The van der Waals surface area contributed by atoms with Crippen LogP contribution in [0.25, 0.3) is 11.1 Å². The number of piperidine rings is 1. The van der Waals surface area contributed by atoms with Crippen molar-refractivity contribution in [1.82, 2.24) is 9.29 Å². The van der Waals surface area contributed by atoms with Crippen molar-refractivity contribution in [3.63, 3.8) is 0 Å². The van der Waals surface area contributed by atoms with Gasteiger partial charge in [-0.3, -0.25) is 0 Å². The number of hydrogen-bond donors (Lipinski definition) is 1. The standard InChI is InChI=1S/C13H17N3O3S.ClH/c14-9-10-5-7-16(8-6-10)20(17,18)13-15-11-3-1-2-4-12(11)19-13;/h1-4,10H,5-9,14H2;1H. The molecule has 1 aromatic carbocycles. The van der Waals surface area contributed by atoms with Gasteiger partial charge in [-0.05, 0) is 37.4 Å². The van der Waals surface area contributed by atoms with Gasteiger partial charge in [0.2, 0.25) is 0 Å². The van der Waals surface area contributed by atoms with Gasteiger partial charge in [0.1, 0.15) is 5.52 Å². The normalized spacial score (nSPS) is 17.8. The van der Waals surface area contributed by atoms with Gasteiger partial charge >= 0.3 is 5.22 Å². The van der Waals surface area contributed by atoms with Crippen molar-refractivity contribution in [1.29, 1.82) is 0 Å². The Bertz CT molecular complexity index is 675. The van der Waals surface area contributed by atoms with E-state index in [2.05, 4.69) is 4.98 Å². The fourth-order valence-electron chi connectivity index (χ4n) is 2.46. The quantitative estimate of drug-likeness (QED) is 0.922. The van der Waals surface area contributed by atoms with Crippen LogP contribution in [-0.2, 0) is 10.0 Å². The van der Waals surface area contributed by atoms with Crippen LogP contribution < -0.4 is 5.73 Å². The van der Waals surface area contributed by atoms with Gasteiger partial charge in [0.05, 0.1) is 0 Å². The van der Waals surface area contributed by atoms with E-state index in [1.54, 1.807) is 24.3 Å². The highest BCUT2D eigenvalue weighted by molar-refractivity contribution is 7.88. The molecule has 3 rings (SSSR count). The summed E-state index contributed by atoms with van der Waals surface area (Å²) in [6.45, 7) is 1.56. The van der Waals surface area contributed by atoms with Gasteiger partial charge in [-0.15, -0.1) is 12.4 Å². The van der Waals surface area contributed by atoms with E-state index in [9.17, 15) is 8.42 Å². The first-order valence-corrected chi connectivity index (χ1v) is 8.11. The number of para-hydroxylation sites is 2. The average Bonchev–Trinajstić information content (AvgIpc) is 2.92. The minimum Gasteiger partial charge on any atom is -0.427 e. The number of nitrogens with two attached hydrogens (primary N) is 1. The molecule has 1 aliphatic heterocycles. The molecule has 21 heavy (non-hydrogen) atoms. The Morgan fingerprint density at radius 1 is 1.29 bits per heavy atom. The Morgan fingerprint density at radius 2 is 1.95 bits per heavy atom. The number of sulfonamides is 1. The minimum atomic E-state index is -3.64. The Labute approximate surface area is 129 Å². The highest BCUT2D eigenvalue weighted by Crippen LogP contribution is 2.25. The number of oxazole rings is 1. The average molecular weight is 332 g/mol.